The van der Waals surface area contributed by atoms with Crippen LogP contribution in [-0.4, -0.2) is 17.1 Å². The summed E-state index contributed by atoms with van der Waals surface area (Å²) in [6.07, 6.45) is 2.63. The number of carbonyl (C=O) groups is 1. The normalized spacial score (nSPS) is 21.5. The molecule has 3 heteroatoms. The zero-order valence-corrected chi connectivity index (χ0v) is 9.59. The first-order valence-corrected chi connectivity index (χ1v) is 5.21. The molecule has 0 amide bonds. The smallest absolute Gasteiger partial charge is 0.308 e. The molecule has 0 radical (unpaired) electrons. The molecule has 0 bridgehead atoms. The maximum absolute atomic E-state index is 11.5. The topological polar surface area (TPSA) is 52.3 Å². The molecule has 14 heavy (non-hydrogen) atoms. The van der Waals surface area contributed by atoms with E-state index in [-0.39, 0.29) is 11.5 Å². The van der Waals surface area contributed by atoms with Crippen LogP contribution >= 0.6 is 0 Å². The van der Waals surface area contributed by atoms with E-state index in [1.165, 1.54) is 0 Å². The van der Waals surface area contributed by atoms with E-state index in [0.29, 0.717) is 12.3 Å². The van der Waals surface area contributed by atoms with Gasteiger partial charge in [0.25, 0.3) is 0 Å². The number of hydrogen-bond acceptors (Lipinski definition) is 3. The molecule has 1 fully saturated rings. The Morgan fingerprint density at radius 2 is 1.86 bits per heavy atom. The Labute approximate surface area is 86.0 Å². The molecule has 0 aromatic carbocycles. The number of carbonyl (C=O) groups excluding carboxylic acids is 1. The Morgan fingerprint density at radius 1 is 1.36 bits per heavy atom. The standard InChI is InChI=1S/C11H21NO2/c1-10(2,3)14-9(13)7-11(4,12)8-5-6-8/h8H,5-7,12H2,1-4H3/t11-/m1/s1. The lowest BCUT2D eigenvalue weighted by Gasteiger charge is -2.26. The first kappa shape index (κ1) is 11.5. The van der Waals surface area contributed by atoms with E-state index < -0.39 is 5.60 Å². The third-order valence-corrected chi connectivity index (χ3v) is 2.46. The van der Waals surface area contributed by atoms with Crippen LogP contribution in [0.15, 0.2) is 0 Å². The average Bonchev–Trinajstić information content (AvgIpc) is 2.57. The highest BCUT2D eigenvalue weighted by Crippen LogP contribution is 2.39. The molecule has 0 heterocycles. The lowest BCUT2D eigenvalue weighted by Crippen LogP contribution is -2.42. The second-order valence-corrected chi connectivity index (χ2v) is 5.54. The van der Waals surface area contributed by atoms with Crippen molar-refractivity contribution >= 4 is 5.97 Å². The quantitative estimate of drug-likeness (QED) is 0.706. The number of hydrogen-bond donors (Lipinski definition) is 1. The van der Waals surface area contributed by atoms with E-state index in [4.69, 9.17) is 10.5 Å². The minimum atomic E-state index is -0.406. The zero-order chi connectivity index (χ0) is 11.0. The van der Waals surface area contributed by atoms with Crippen molar-refractivity contribution in [1.29, 1.82) is 0 Å². The molecule has 0 aliphatic heterocycles. The number of nitrogens with two attached hydrogens (primary N) is 1. The summed E-state index contributed by atoms with van der Waals surface area (Å²) in [5.41, 5.74) is 5.26. The van der Waals surface area contributed by atoms with Crippen molar-refractivity contribution in [3.8, 4) is 0 Å². The minimum Gasteiger partial charge on any atom is -0.460 e. The van der Waals surface area contributed by atoms with Crippen LogP contribution in [0.4, 0.5) is 0 Å². The molecule has 0 unspecified atom stereocenters. The molecule has 0 aromatic rings. The van der Waals surface area contributed by atoms with Gasteiger partial charge in [-0.3, -0.25) is 4.79 Å². The van der Waals surface area contributed by atoms with Gasteiger partial charge in [-0.05, 0) is 46.5 Å². The highest BCUT2D eigenvalue weighted by molar-refractivity contribution is 5.71. The average molecular weight is 199 g/mol. The summed E-state index contributed by atoms with van der Waals surface area (Å²) >= 11 is 0. The van der Waals surface area contributed by atoms with E-state index in [1.807, 2.05) is 27.7 Å². The van der Waals surface area contributed by atoms with Crippen molar-refractivity contribution in [2.45, 2.75) is 58.1 Å². The lowest BCUT2D eigenvalue weighted by atomic mass is 9.93. The summed E-state index contributed by atoms with van der Waals surface area (Å²) in [4.78, 5) is 11.5. The lowest BCUT2D eigenvalue weighted by molar-refractivity contribution is -0.156. The molecule has 1 atom stereocenters. The Kier molecular flexibility index (Phi) is 2.91. The van der Waals surface area contributed by atoms with Gasteiger partial charge >= 0.3 is 5.97 Å². The van der Waals surface area contributed by atoms with Crippen LogP contribution in [0.5, 0.6) is 0 Å². The Balaban J connectivity index is 2.40. The van der Waals surface area contributed by atoms with Gasteiger partial charge in [0, 0.05) is 5.54 Å². The third kappa shape index (κ3) is 3.66. The summed E-state index contributed by atoms with van der Waals surface area (Å²) in [7, 11) is 0. The molecule has 0 spiro atoms. The van der Waals surface area contributed by atoms with Crippen molar-refractivity contribution in [2.24, 2.45) is 11.7 Å². The summed E-state index contributed by atoms with van der Waals surface area (Å²) in [5, 5.41) is 0. The molecular formula is C11H21NO2. The number of ether oxygens (including phenoxy) is 1. The fraction of sp³-hybridized carbons (Fsp3) is 0.909. The molecule has 2 N–H and O–H groups in total. The van der Waals surface area contributed by atoms with Crippen molar-refractivity contribution in [3.63, 3.8) is 0 Å². The van der Waals surface area contributed by atoms with Gasteiger partial charge in [-0.1, -0.05) is 0 Å². The Hall–Kier alpha value is -0.570. The fourth-order valence-corrected chi connectivity index (χ4v) is 1.58. The van der Waals surface area contributed by atoms with Gasteiger partial charge in [0.1, 0.15) is 5.60 Å². The van der Waals surface area contributed by atoms with E-state index in [1.54, 1.807) is 0 Å². The highest BCUT2D eigenvalue weighted by atomic mass is 16.6. The first-order valence-electron chi connectivity index (χ1n) is 5.21. The van der Waals surface area contributed by atoms with Crippen LogP contribution in [0.1, 0.15) is 47.0 Å². The van der Waals surface area contributed by atoms with Crippen molar-refractivity contribution in [3.05, 3.63) is 0 Å². The second-order valence-electron chi connectivity index (χ2n) is 5.54. The van der Waals surface area contributed by atoms with Gasteiger partial charge in [0.05, 0.1) is 6.42 Å². The SMILES string of the molecule is CC(C)(C)OC(=O)C[C@@](C)(N)C1CC1. The van der Waals surface area contributed by atoms with Gasteiger partial charge in [-0.25, -0.2) is 0 Å². The highest BCUT2D eigenvalue weighted by Gasteiger charge is 2.40. The number of esters is 1. The summed E-state index contributed by atoms with van der Waals surface area (Å²) in [6, 6.07) is 0. The molecule has 0 aromatic heterocycles. The van der Waals surface area contributed by atoms with E-state index in [9.17, 15) is 4.79 Å². The summed E-state index contributed by atoms with van der Waals surface area (Å²) < 4.78 is 5.23. The van der Waals surface area contributed by atoms with Crippen molar-refractivity contribution < 1.29 is 9.53 Å². The summed E-state index contributed by atoms with van der Waals surface area (Å²) in [6.45, 7) is 7.55. The molecule has 1 rings (SSSR count). The largest absolute Gasteiger partial charge is 0.460 e. The predicted octanol–water partition coefficient (Wildman–Crippen LogP) is 1.85. The van der Waals surface area contributed by atoms with E-state index in [2.05, 4.69) is 0 Å². The van der Waals surface area contributed by atoms with Gasteiger partial charge < -0.3 is 10.5 Å². The maximum Gasteiger partial charge on any atom is 0.308 e. The van der Waals surface area contributed by atoms with Crippen LogP contribution in [0.3, 0.4) is 0 Å². The number of rotatable bonds is 3. The zero-order valence-electron chi connectivity index (χ0n) is 9.59. The van der Waals surface area contributed by atoms with Crippen molar-refractivity contribution in [1.82, 2.24) is 0 Å². The Morgan fingerprint density at radius 3 is 2.21 bits per heavy atom. The molecule has 1 saturated carbocycles. The van der Waals surface area contributed by atoms with Crippen LogP contribution < -0.4 is 5.73 Å². The van der Waals surface area contributed by atoms with E-state index >= 15 is 0 Å². The third-order valence-electron chi connectivity index (χ3n) is 2.46. The fourth-order valence-electron chi connectivity index (χ4n) is 1.58. The van der Waals surface area contributed by atoms with Gasteiger partial charge in [-0.15, -0.1) is 0 Å². The van der Waals surface area contributed by atoms with Gasteiger partial charge in [-0.2, -0.15) is 0 Å². The predicted molar refractivity (Wildman–Crippen MR) is 55.8 cm³/mol. The minimum absolute atomic E-state index is 0.186. The maximum atomic E-state index is 11.5. The van der Waals surface area contributed by atoms with Crippen LogP contribution in [0.25, 0.3) is 0 Å². The molecule has 0 saturated heterocycles. The van der Waals surface area contributed by atoms with Crippen LogP contribution in [-0.2, 0) is 9.53 Å². The van der Waals surface area contributed by atoms with Gasteiger partial charge in [0.15, 0.2) is 0 Å². The second kappa shape index (κ2) is 3.54. The monoisotopic (exact) mass is 199 g/mol. The summed E-state index contributed by atoms with van der Waals surface area (Å²) in [5.74, 6) is 0.324. The molecule has 82 valence electrons. The molecule has 1 aliphatic carbocycles. The van der Waals surface area contributed by atoms with Crippen LogP contribution in [0.2, 0.25) is 0 Å². The van der Waals surface area contributed by atoms with Crippen LogP contribution in [0, 0.1) is 5.92 Å². The molecular weight excluding hydrogens is 178 g/mol. The molecule has 3 nitrogen and oxygen atoms in total. The van der Waals surface area contributed by atoms with E-state index in [0.717, 1.165) is 12.8 Å². The van der Waals surface area contributed by atoms with Gasteiger partial charge in [0.2, 0.25) is 0 Å². The molecule has 1 aliphatic rings. The Bertz CT molecular complexity index is 224. The van der Waals surface area contributed by atoms with Crippen molar-refractivity contribution in [2.75, 3.05) is 0 Å². The first-order chi connectivity index (χ1) is 6.21.